The van der Waals surface area contributed by atoms with Crippen molar-refractivity contribution in [2.45, 2.75) is 48.1 Å². The van der Waals surface area contributed by atoms with Crippen LogP contribution in [0.5, 0.6) is 0 Å². The number of pyridine rings is 1. The van der Waals surface area contributed by atoms with Crippen molar-refractivity contribution in [1.82, 2.24) is 15.0 Å². The standard InChI is InChI=1S/C21H26ClN7S/c22-16-14(4-8-26-18(16)24)30-20-19(25)28-15(11-27-20)29-9-6-21(7-10-29)5-3-13(17(21)23)12-1-2-12/h3-4,8,11-12,17H,1-2,5-7,9-10,23H2,(H2,24,26)(H2,25,28)/t17-/m1/s1. The normalized spacial score (nSPS) is 23.1. The first-order valence-corrected chi connectivity index (χ1v) is 11.6. The van der Waals surface area contributed by atoms with E-state index in [2.05, 4.69) is 25.9 Å². The predicted molar refractivity (Wildman–Crippen MR) is 122 cm³/mol. The smallest absolute Gasteiger partial charge is 0.158 e. The van der Waals surface area contributed by atoms with E-state index < -0.39 is 0 Å². The van der Waals surface area contributed by atoms with Gasteiger partial charge in [-0.1, -0.05) is 35.0 Å². The van der Waals surface area contributed by atoms with Crippen LogP contribution in [-0.2, 0) is 0 Å². The highest BCUT2D eigenvalue weighted by molar-refractivity contribution is 7.99. The van der Waals surface area contributed by atoms with E-state index in [0.717, 1.165) is 49.0 Å². The molecule has 0 radical (unpaired) electrons. The predicted octanol–water partition coefficient (Wildman–Crippen LogP) is 3.49. The maximum Gasteiger partial charge on any atom is 0.158 e. The minimum Gasteiger partial charge on any atom is -0.382 e. The number of aromatic nitrogens is 3. The molecule has 2 fully saturated rings. The van der Waals surface area contributed by atoms with Crippen LogP contribution in [0.1, 0.15) is 32.1 Å². The summed E-state index contributed by atoms with van der Waals surface area (Å²) in [4.78, 5) is 16.2. The van der Waals surface area contributed by atoms with Gasteiger partial charge in [-0.3, -0.25) is 0 Å². The molecule has 1 saturated heterocycles. The fraction of sp³-hybridized carbons (Fsp3) is 0.476. The quantitative estimate of drug-likeness (QED) is 0.614. The van der Waals surface area contributed by atoms with E-state index in [1.165, 1.54) is 30.2 Å². The summed E-state index contributed by atoms with van der Waals surface area (Å²) in [7, 11) is 0. The molecule has 9 heteroatoms. The third kappa shape index (κ3) is 3.50. The van der Waals surface area contributed by atoms with Crippen molar-refractivity contribution in [2.24, 2.45) is 17.1 Å². The number of nitrogens with zero attached hydrogens (tertiary/aromatic N) is 4. The van der Waals surface area contributed by atoms with E-state index in [1.54, 1.807) is 18.5 Å². The Morgan fingerprint density at radius 3 is 2.60 bits per heavy atom. The number of hydrogen-bond acceptors (Lipinski definition) is 8. The van der Waals surface area contributed by atoms with Crippen molar-refractivity contribution in [3.05, 3.63) is 35.1 Å². The largest absolute Gasteiger partial charge is 0.382 e. The van der Waals surface area contributed by atoms with Crippen LogP contribution in [0.15, 0.2) is 40.0 Å². The molecule has 2 aromatic heterocycles. The summed E-state index contributed by atoms with van der Waals surface area (Å²) in [5.41, 5.74) is 20.4. The van der Waals surface area contributed by atoms with Crippen molar-refractivity contribution < 1.29 is 0 Å². The summed E-state index contributed by atoms with van der Waals surface area (Å²) in [6, 6.07) is 2.01. The first-order chi connectivity index (χ1) is 14.5. The highest BCUT2D eigenvalue weighted by Crippen LogP contribution is 2.51. The van der Waals surface area contributed by atoms with Crippen molar-refractivity contribution >= 4 is 40.8 Å². The molecule has 2 aromatic rings. The summed E-state index contributed by atoms with van der Waals surface area (Å²) in [5.74, 6) is 2.25. The second-order valence-electron chi connectivity index (χ2n) is 8.54. The van der Waals surface area contributed by atoms with Gasteiger partial charge >= 0.3 is 0 Å². The van der Waals surface area contributed by atoms with Crippen LogP contribution in [0, 0.1) is 11.3 Å². The van der Waals surface area contributed by atoms with E-state index in [0.29, 0.717) is 15.9 Å². The molecule has 30 heavy (non-hydrogen) atoms. The Labute approximate surface area is 185 Å². The molecule has 7 nitrogen and oxygen atoms in total. The van der Waals surface area contributed by atoms with Gasteiger partial charge in [-0.2, -0.15) is 0 Å². The Morgan fingerprint density at radius 2 is 1.90 bits per heavy atom. The van der Waals surface area contributed by atoms with E-state index in [1.807, 2.05) is 0 Å². The average Bonchev–Trinajstić information content (AvgIpc) is 3.54. The second-order valence-corrected chi connectivity index (χ2v) is 9.95. The molecule has 158 valence electrons. The third-order valence-electron chi connectivity index (χ3n) is 6.73. The van der Waals surface area contributed by atoms with Crippen molar-refractivity contribution in [3.63, 3.8) is 0 Å². The molecule has 1 aliphatic heterocycles. The fourth-order valence-electron chi connectivity index (χ4n) is 4.70. The topological polar surface area (TPSA) is 120 Å². The molecule has 0 amide bonds. The number of hydrogen-bond donors (Lipinski definition) is 3. The molecule has 0 bridgehead atoms. The summed E-state index contributed by atoms with van der Waals surface area (Å²) in [5, 5.41) is 1.01. The fourth-order valence-corrected chi connectivity index (χ4v) is 5.71. The Kier molecular flexibility index (Phi) is 5.03. The Morgan fingerprint density at radius 1 is 1.13 bits per heavy atom. The third-order valence-corrected chi connectivity index (χ3v) is 8.31. The van der Waals surface area contributed by atoms with Crippen LogP contribution in [0.3, 0.4) is 0 Å². The zero-order valence-electron chi connectivity index (χ0n) is 16.7. The first-order valence-electron chi connectivity index (χ1n) is 10.4. The lowest BCUT2D eigenvalue weighted by atomic mass is 9.72. The number of anilines is 3. The monoisotopic (exact) mass is 443 g/mol. The van der Waals surface area contributed by atoms with Crippen LogP contribution in [0.4, 0.5) is 17.5 Å². The van der Waals surface area contributed by atoms with E-state index in [-0.39, 0.29) is 17.3 Å². The second kappa shape index (κ2) is 7.59. The van der Waals surface area contributed by atoms with Gasteiger partial charge in [0, 0.05) is 30.2 Å². The van der Waals surface area contributed by atoms with Crippen molar-refractivity contribution in [3.8, 4) is 0 Å². The van der Waals surface area contributed by atoms with Gasteiger partial charge in [-0.05, 0) is 49.5 Å². The number of nitrogens with two attached hydrogens (primary N) is 3. The van der Waals surface area contributed by atoms with Gasteiger partial charge in [0.15, 0.2) is 5.82 Å². The SMILES string of the molecule is Nc1nc(N2CCC3(CC=C(C4CC4)[C@H]3N)CC2)cnc1Sc1ccnc(N)c1Cl. The maximum absolute atomic E-state index is 6.69. The molecule has 0 unspecified atom stereocenters. The van der Waals surface area contributed by atoms with E-state index in [4.69, 9.17) is 28.8 Å². The van der Waals surface area contributed by atoms with Crippen molar-refractivity contribution in [2.75, 3.05) is 29.5 Å². The van der Waals surface area contributed by atoms with Crippen LogP contribution in [-0.4, -0.2) is 34.1 Å². The van der Waals surface area contributed by atoms with E-state index >= 15 is 0 Å². The zero-order chi connectivity index (χ0) is 20.9. The molecular weight excluding hydrogens is 418 g/mol. The van der Waals surface area contributed by atoms with Gasteiger partial charge in [-0.15, -0.1) is 0 Å². The van der Waals surface area contributed by atoms with Gasteiger partial charge in [-0.25, -0.2) is 15.0 Å². The lowest BCUT2D eigenvalue weighted by Crippen LogP contribution is -2.48. The molecule has 1 atom stereocenters. The van der Waals surface area contributed by atoms with Gasteiger partial charge in [0.25, 0.3) is 0 Å². The molecule has 6 N–H and O–H groups in total. The number of nitrogen functional groups attached to an aromatic ring is 2. The number of allylic oxidation sites excluding steroid dienone is 1. The highest BCUT2D eigenvalue weighted by atomic mass is 35.5. The Hall–Kier alpha value is -2.03. The molecule has 5 rings (SSSR count). The lowest BCUT2D eigenvalue weighted by molar-refractivity contribution is 0.203. The number of piperidine rings is 1. The van der Waals surface area contributed by atoms with Gasteiger partial charge in [0.05, 0.1) is 11.2 Å². The van der Waals surface area contributed by atoms with Crippen LogP contribution in [0.25, 0.3) is 0 Å². The summed E-state index contributed by atoms with van der Waals surface area (Å²) in [6.45, 7) is 1.85. The molecule has 0 aromatic carbocycles. The molecular formula is C21H26ClN7S. The molecule has 3 aliphatic rings. The minimum atomic E-state index is 0.222. The van der Waals surface area contributed by atoms with Crippen molar-refractivity contribution in [1.29, 1.82) is 0 Å². The Balaban J connectivity index is 1.26. The van der Waals surface area contributed by atoms with Crippen LogP contribution in [0.2, 0.25) is 5.02 Å². The Bertz CT molecular complexity index is 999. The number of rotatable bonds is 4. The summed E-state index contributed by atoms with van der Waals surface area (Å²) < 4.78 is 0. The molecule has 1 saturated carbocycles. The summed E-state index contributed by atoms with van der Waals surface area (Å²) >= 11 is 7.58. The van der Waals surface area contributed by atoms with Gasteiger partial charge in [0.2, 0.25) is 0 Å². The highest BCUT2D eigenvalue weighted by Gasteiger charge is 2.47. The average molecular weight is 444 g/mol. The van der Waals surface area contributed by atoms with Gasteiger partial charge < -0.3 is 22.1 Å². The lowest BCUT2D eigenvalue weighted by Gasteiger charge is -2.43. The zero-order valence-corrected chi connectivity index (χ0v) is 18.3. The number of halogens is 1. The maximum atomic E-state index is 6.69. The summed E-state index contributed by atoms with van der Waals surface area (Å²) in [6.07, 6.45) is 11.7. The van der Waals surface area contributed by atoms with E-state index in [9.17, 15) is 0 Å². The molecule has 1 spiro atoms. The minimum absolute atomic E-state index is 0.222. The van der Waals surface area contributed by atoms with Crippen LogP contribution >= 0.6 is 23.4 Å². The molecule has 2 aliphatic carbocycles. The molecule has 3 heterocycles. The van der Waals surface area contributed by atoms with Gasteiger partial charge in [0.1, 0.15) is 16.7 Å². The van der Waals surface area contributed by atoms with Crippen LogP contribution < -0.4 is 22.1 Å². The first kappa shape index (κ1) is 19.9.